The molecule has 7 nitrogen and oxygen atoms in total. The predicted molar refractivity (Wildman–Crippen MR) is 73.7 cm³/mol. The van der Waals surface area contributed by atoms with Crippen LogP contribution in [-0.2, 0) is 14.8 Å². The van der Waals surface area contributed by atoms with E-state index in [1.807, 2.05) is 0 Å². The Morgan fingerprint density at radius 2 is 2.15 bits per heavy atom. The molecule has 8 heteroatoms. The molecule has 1 aromatic rings. The highest BCUT2D eigenvalue weighted by molar-refractivity contribution is 7.89. The average Bonchev–Trinajstić information content (AvgIpc) is 2.43. The van der Waals surface area contributed by atoms with Gasteiger partial charge in [0.25, 0.3) is 0 Å². The number of nitrogens with one attached hydrogen (secondary N) is 1. The van der Waals surface area contributed by atoms with Crippen molar-refractivity contribution in [3.8, 4) is 0 Å². The molecule has 0 bridgehead atoms. The van der Waals surface area contributed by atoms with E-state index >= 15 is 0 Å². The van der Waals surface area contributed by atoms with Gasteiger partial charge in [-0.05, 0) is 24.6 Å². The van der Waals surface area contributed by atoms with E-state index in [9.17, 15) is 13.2 Å². The van der Waals surface area contributed by atoms with Crippen molar-refractivity contribution in [2.45, 2.75) is 24.3 Å². The van der Waals surface area contributed by atoms with E-state index in [4.69, 9.17) is 10.8 Å². The summed E-state index contributed by atoms with van der Waals surface area (Å²) >= 11 is 0. The summed E-state index contributed by atoms with van der Waals surface area (Å²) < 4.78 is 31.4. The number of nitrogens with two attached hydrogens (primary N) is 1. The number of aliphatic hydroxyl groups excluding tert-OH is 1. The van der Waals surface area contributed by atoms with Gasteiger partial charge in [-0.1, -0.05) is 6.92 Å². The molecule has 0 aliphatic heterocycles. The average molecular weight is 302 g/mol. The van der Waals surface area contributed by atoms with E-state index in [-0.39, 0.29) is 22.8 Å². The van der Waals surface area contributed by atoms with Gasteiger partial charge in [0.1, 0.15) is 0 Å². The molecule has 1 rings (SSSR count). The Morgan fingerprint density at radius 1 is 1.50 bits per heavy atom. The van der Waals surface area contributed by atoms with Gasteiger partial charge in [-0.2, -0.15) is 0 Å². The molecule has 1 atom stereocenters. The second kappa shape index (κ2) is 6.69. The van der Waals surface area contributed by atoms with Gasteiger partial charge in [-0.15, -0.1) is 0 Å². The van der Waals surface area contributed by atoms with E-state index in [2.05, 4.69) is 9.46 Å². The second-order valence-corrected chi connectivity index (χ2v) is 5.84. The summed E-state index contributed by atoms with van der Waals surface area (Å²) in [5.41, 5.74) is 5.66. The van der Waals surface area contributed by atoms with Crippen molar-refractivity contribution in [3.05, 3.63) is 23.8 Å². The lowest BCUT2D eigenvalue weighted by Gasteiger charge is -2.16. The minimum absolute atomic E-state index is 0.146. The summed E-state index contributed by atoms with van der Waals surface area (Å²) in [6, 6.07) is 3.22. The summed E-state index contributed by atoms with van der Waals surface area (Å²) in [7, 11) is -2.80. The first-order valence-electron chi connectivity index (χ1n) is 5.96. The highest BCUT2D eigenvalue weighted by Crippen LogP contribution is 2.20. The number of carbonyl (C=O) groups excluding carboxylic acids is 1. The van der Waals surface area contributed by atoms with Gasteiger partial charge in [0.15, 0.2) is 0 Å². The molecule has 0 amide bonds. The van der Waals surface area contributed by atoms with Gasteiger partial charge < -0.3 is 15.6 Å². The summed E-state index contributed by atoms with van der Waals surface area (Å²) in [6.45, 7) is 1.39. The van der Waals surface area contributed by atoms with Gasteiger partial charge in [0, 0.05) is 11.7 Å². The minimum Gasteiger partial charge on any atom is -0.465 e. The maximum absolute atomic E-state index is 12.2. The number of rotatable bonds is 6. The summed E-state index contributed by atoms with van der Waals surface area (Å²) in [5, 5.41) is 9.07. The van der Waals surface area contributed by atoms with Crippen molar-refractivity contribution >= 4 is 21.7 Å². The number of hydrogen-bond acceptors (Lipinski definition) is 6. The number of ether oxygens (including phenoxy) is 1. The summed E-state index contributed by atoms with van der Waals surface area (Å²) in [6.07, 6.45) is 0.415. The smallest absolute Gasteiger partial charge is 0.339 e. The zero-order valence-electron chi connectivity index (χ0n) is 11.3. The van der Waals surface area contributed by atoms with Gasteiger partial charge in [-0.3, -0.25) is 0 Å². The van der Waals surface area contributed by atoms with Crippen LogP contribution in [0.5, 0.6) is 0 Å². The molecule has 0 radical (unpaired) electrons. The highest BCUT2D eigenvalue weighted by atomic mass is 32.2. The zero-order valence-corrected chi connectivity index (χ0v) is 12.1. The fourth-order valence-electron chi connectivity index (χ4n) is 1.58. The van der Waals surface area contributed by atoms with Gasteiger partial charge in [0.2, 0.25) is 10.0 Å². The fourth-order valence-corrected chi connectivity index (χ4v) is 3.07. The number of carbonyl (C=O) groups is 1. The monoisotopic (exact) mass is 302 g/mol. The first kappa shape index (κ1) is 16.4. The number of aliphatic hydroxyl groups is 1. The van der Waals surface area contributed by atoms with Crippen LogP contribution in [0.15, 0.2) is 23.1 Å². The standard InChI is InChI=1S/C12H18N2O5S/c1-3-9(7-15)14-20(17,18)11-5-4-8(13)6-10(11)12(16)19-2/h4-6,9,14-15H,3,7,13H2,1-2H3/t9-/m1/s1. The summed E-state index contributed by atoms with van der Waals surface area (Å²) in [5.74, 6) is -0.797. The Morgan fingerprint density at radius 3 is 2.65 bits per heavy atom. The van der Waals surface area contributed by atoms with Crippen molar-refractivity contribution in [2.75, 3.05) is 19.5 Å². The molecule has 1 aromatic carbocycles. The molecule has 0 aliphatic carbocycles. The Balaban J connectivity index is 3.27. The largest absolute Gasteiger partial charge is 0.465 e. The molecular formula is C12H18N2O5S. The van der Waals surface area contributed by atoms with Gasteiger partial charge in [0.05, 0.1) is 24.2 Å². The van der Waals surface area contributed by atoms with Crippen LogP contribution in [0.3, 0.4) is 0 Å². The Kier molecular flexibility index (Phi) is 5.49. The van der Waals surface area contributed by atoms with E-state index in [0.717, 1.165) is 7.11 Å². The van der Waals surface area contributed by atoms with Gasteiger partial charge in [-0.25, -0.2) is 17.9 Å². The van der Waals surface area contributed by atoms with Crippen molar-refractivity contribution < 1.29 is 23.1 Å². The molecule has 0 unspecified atom stereocenters. The van der Waals surface area contributed by atoms with Crippen LogP contribution in [0.4, 0.5) is 5.69 Å². The zero-order chi connectivity index (χ0) is 15.3. The maximum atomic E-state index is 12.2. The topological polar surface area (TPSA) is 119 Å². The van der Waals surface area contributed by atoms with Crippen LogP contribution < -0.4 is 10.5 Å². The Hall–Kier alpha value is -1.64. The predicted octanol–water partition coefficient (Wildman–Crippen LogP) is 0.105. The molecule has 112 valence electrons. The first-order chi connectivity index (χ1) is 9.35. The van der Waals surface area contributed by atoms with E-state index in [1.165, 1.54) is 18.2 Å². The molecule has 0 spiro atoms. The number of benzene rings is 1. The Labute approximate surface area is 117 Å². The van der Waals surface area contributed by atoms with Crippen molar-refractivity contribution in [3.63, 3.8) is 0 Å². The number of sulfonamides is 1. The van der Waals surface area contributed by atoms with Crippen LogP contribution >= 0.6 is 0 Å². The molecule has 0 fully saturated rings. The normalized spacial score (nSPS) is 12.9. The fraction of sp³-hybridized carbons (Fsp3) is 0.417. The third-order valence-corrected chi connectivity index (χ3v) is 4.31. The number of methoxy groups -OCH3 is 1. The molecule has 0 aromatic heterocycles. The van der Waals surface area contributed by atoms with E-state index in [0.29, 0.717) is 6.42 Å². The van der Waals surface area contributed by atoms with Crippen LogP contribution in [-0.4, -0.2) is 39.3 Å². The number of hydrogen-bond donors (Lipinski definition) is 3. The van der Waals surface area contributed by atoms with Crippen LogP contribution in [0.2, 0.25) is 0 Å². The third kappa shape index (κ3) is 3.69. The second-order valence-electron chi connectivity index (χ2n) is 4.16. The lowest BCUT2D eigenvalue weighted by Crippen LogP contribution is -2.37. The Bertz CT molecular complexity index is 582. The number of nitrogen functional groups attached to an aromatic ring is 1. The van der Waals surface area contributed by atoms with Crippen LogP contribution in [0, 0.1) is 0 Å². The summed E-state index contributed by atoms with van der Waals surface area (Å²) in [4.78, 5) is 11.4. The molecular weight excluding hydrogens is 284 g/mol. The van der Waals surface area contributed by atoms with Gasteiger partial charge >= 0.3 is 5.97 Å². The lowest BCUT2D eigenvalue weighted by molar-refractivity contribution is 0.0596. The minimum atomic E-state index is -3.95. The molecule has 0 aliphatic rings. The van der Waals surface area contributed by atoms with E-state index < -0.39 is 22.0 Å². The first-order valence-corrected chi connectivity index (χ1v) is 7.45. The lowest BCUT2D eigenvalue weighted by atomic mass is 10.2. The quantitative estimate of drug-likeness (QED) is 0.507. The molecule has 0 saturated carbocycles. The van der Waals surface area contributed by atoms with Crippen LogP contribution in [0.1, 0.15) is 23.7 Å². The maximum Gasteiger partial charge on any atom is 0.339 e. The third-order valence-electron chi connectivity index (χ3n) is 2.73. The van der Waals surface area contributed by atoms with E-state index in [1.54, 1.807) is 6.92 Å². The SMILES string of the molecule is CC[C@H](CO)NS(=O)(=O)c1ccc(N)cc1C(=O)OC. The number of esters is 1. The molecule has 4 N–H and O–H groups in total. The van der Waals surface area contributed by atoms with Crippen molar-refractivity contribution in [1.29, 1.82) is 0 Å². The van der Waals surface area contributed by atoms with Crippen molar-refractivity contribution in [2.24, 2.45) is 0 Å². The highest BCUT2D eigenvalue weighted by Gasteiger charge is 2.25. The van der Waals surface area contributed by atoms with Crippen LogP contribution in [0.25, 0.3) is 0 Å². The molecule has 0 heterocycles. The van der Waals surface area contributed by atoms with Crippen molar-refractivity contribution in [1.82, 2.24) is 4.72 Å². The molecule has 20 heavy (non-hydrogen) atoms. The molecule has 0 saturated heterocycles. The number of anilines is 1.